The van der Waals surface area contributed by atoms with Crippen LogP contribution in [0, 0.1) is 5.92 Å². The van der Waals surface area contributed by atoms with Crippen LogP contribution in [0.25, 0.3) is 0 Å². The molecule has 0 saturated carbocycles. The van der Waals surface area contributed by atoms with Gasteiger partial charge < -0.3 is 5.11 Å². The van der Waals surface area contributed by atoms with Gasteiger partial charge in [0.25, 0.3) is 0 Å². The molecule has 0 bridgehead atoms. The molecule has 22 heavy (non-hydrogen) atoms. The van der Waals surface area contributed by atoms with Crippen molar-refractivity contribution in [2.75, 3.05) is 5.75 Å². The Morgan fingerprint density at radius 1 is 1.27 bits per heavy atom. The molecule has 1 heterocycles. The van der Waals surface area contributed by atoms with Crippen molar-refractivity contribution in [1.82, 2.24) is 4.98 Å². The predicted molar refractivity (Wildman–Crippen MR) is 84.7 cm³/mol. The molecule has 0 aliphatic rings. The Labute approximate surface area is 133 Å². The lowest BCUT2D eigenvalue weighted by Gasteiger charge is -2.11. The molecule has 2 rings (SSSR count). The molecule has 0 amide bonds. The first-order valence-electron chi connectivity index (χ1n) is 6.88. The molecule has 5 nitrogen and oxygen atoms in total. The maximum Gasteiger partial charge on any atom is 0.307 e. The summed E-state index contributed by atoms with van der Waals surface area (Å²) in [6.07, 6.45) is 3.11. The van der Waals surface area contributed by atoms with E-state index >= 15 is 0 Å². The zero-order valence-corrected chi connectivity index (χ0v) is 13.5. The van der Waals surface area contributed by atoms with Crippen molar-refractivity contribution in [3.63, 3.8) is 0 Å². The van der Waals surface area contributed by atoms with Crippen LogP contribution in [0.4, 0.5) is 0 Å². The molecular weight excluding hydrogens is 322 g/mol. The van der Waals surface area contributed by atoms with Gasteiger partial charge in [-0.2, -0.15) is 0 Å². The van der Waals surface area contributed by atoms with Gasteiger partial charge in [0, 0.05) is 11.6 Å². The summed E-state index contributed by atoms with van der Waals surface area (Å²) < 4.78 is 24.2. The third-order valence-electron chi connectivity index (χ3n) is 3.31. The van der Waals surface area contributed by atoms with E-state index in [2.05, 4.69) is 4.98 Å². The summed E-state index contributed by atoms with van der Waals surface area (Å²) in [6.45, 7) is 0. The number of aryl methyl sites for hydroxylation is 1. The van der Waals surface area contributed by atoms with Crippen LogP contribution in [-0.2, 0) is 21.1 Å². The number of hydrogen-bond acceptors (Lipinski definition) is 5. The fraction of sp³-hybridized carbons (Fsp3) is 0.333. The Morgan fingerprint density at radius 3 is 2.59 bits per heavy atom. The molecule has 118 valence electrons. The Balaban J connectivity index is 1.94. The van der Waals surface area contributed by atoms with Gasteiger partial charge in [0.15, 0.2) is 0 Å². The van der Waals surface area contributed by atoms with E-state index in [1.54, 1.807) is 5.38 Å². The Hall–Kier alpha value is -1.73. The molecule has 7 heteroatoms. The second kappa shape index (κ2) is 7.51. The highest BCUT2D eigenvalue weighted by atomic mass is 32.2. The number of thiazole rings is 1. The zero-order chi connectivity index (χ0) is 16.0. The first-order valence-corrected chi connectivity index (χ1v) is 9.41. The van der Waals surface area contributed by atoms with Crippen molar-refractivity contribution >= 4 is 27.1 Å². The van der Waals surface area contributed by atoms with E-state index in [-0.39, 0.29) is 4.34 Å². The van der Waals surface area contributed by atoms with Crippen molar-refractivity contribution < 1.29 is 18.3 Å². The summed E-state index contributed by atoms with van der Waals surface area (Å²) in [5.74, 6) is -2.38. The maximum atomic E-state index is 12.1. The fourth-order valence-electron chi connectivity index (χ4n) is 2.18. The van der Waals surface area contributed by atoms with Gasteiger partial charge in [-0.25, -0.2) is 13.4 Å². The van der Waals surface area contributed by atoms with Gasteiger partial charge in [-0.3, -0.25) is 4.79 Å². The summed E-state index contributed by atoms with van der Waals surface area (Å²) >= 11 is 1.01. The van der Waals surface area contributed by atoms with Crippen LogP contribution >= 0.6 is 11.3 Å². The normalized spacial score (nSPS) is 12.9. The molecule has 1 atom stereocenters. The van der Waals surface area contributed by atoms with Gasteiger partial charge in [0.2, 0.25) is 14.2 Å². The summed E-state index contributed by atoms with van der Waals surface area (Å²) in [5.41, 5.74) is 1.12. The number of aliphatic carboxylic acids is 1. The lowest BCUT2D eigenvalue weighted by molar-refractivity contribution is -0.141. The molecule has 0 spiro atoms. The van der Waals surface area contributed by atoms with Crippen LogP contribution < -0.4 is 0 Å². The average molecular weight is 339 g/mol. The monoisotopic (exact) mass is 339 g/mol. The summed E-state index contributed by atoms with van der Waals surface area (Å²) in [5, 5.41) is 10.8. The van der Waals surface area contributed by atoms with Crippen molar-refractivity contribution in [2.24, 2.45) is 5.92 Å². The molecule has 0 aliphatic carbocycles. The van der Waals surface area contributed by atoms with E-state index in [0.29, 0.717) is 12.8 Å². The number of nitrogens with zero attached hydrogens (tertiary/aromatic N) is 1. The lowest BCUT2D eigenvalue weighted by atomic mass is 10.0. The third-order valence-corrected chi connectivity index (χ3v) is 6.40. The predicted octanol–water partition coefficient (Wildman–Crippen LogP) is 2.64. The van der Waals surface area contributed by atoms with Gasteiger partial charge in [-0.05, 0) is 24.8 Å². The van der Waals surface area contributed by atoms with Crippen molar-refractivity contribution in [3.05, 3.63) is 47.5 Å². The smallest absolute Gasteiger partial charge is 0.307 e. The molecular formula is C15H17NO4S2. The number of rotatable bonds is 8. The number of sulfone groups is 1. The molecule has 1 N–H and O–H groups in total. The minimum atomic E-state index is -3.63. The molecule has 2 aromatic rings. The number of carboxylic acid groups (broad SMARTS) is 1. The zero-order valence-electron chi connectivity index (χ0n) is 11.9. The Kier molecular flexibility index (Phi) is 5.68. The first-order chi connectivity index (χ1) is 10.5. The van der Waals surface area contributed by atoms with E-state index in [1.165, 1.54) is 6.20 Å². The van der Waals surface area contributed by atoms with Crippen LogP contribution in [0.3, 0.4) is 0 Å². The van der Waals surface area contributed by atoms with Gasteiger partial charge in [-0.1, -0.05) is 30.3 Å². The number of carbonyl (C=O) groups is 1. The first kappa shape index (κ1) is 16.6. The van der Waals surface area contributed by atoms with Gasteiger partial charge >= 0.3 is 5.97 Å². The van der Waals surface area contributed by atoms with E-state index in [0.717, 1.165) is 23.3 Å². The van der Waals surface area contributed by atoms with Crippen molar-refractivity contribution in [3.8, 4) is 0 Å². The molecule has 1 aromatic heterocycles. The SMILES string of the molecule is O=C(O)C(CCCc1ccccc1)CS(=O)(=O)c1nccs1. The number of benzene rings is 1. The summed E-state index contributed by atoms with van der Waals surface area (Å²) in [6, 6.07) is 9.72. The largest absolute Gasteiger partial charge is 0.481 e. The summed E-state index contributed by atoms with van der Waals surface area (Å²) in [4.78, 5) is 15.1. The van der Waals surface area contributed by atoms with E-state index in [1.807, 2.05) is 30.3 Å². The third kappa shape index (κ3) is 4.64. The second-order valence-corrected chi connectivity index (χ2v) is 8.09. The quantitative estimate of drug-likeness (QED) is 0.799. The highest BCUT2D eigenvalue weighted by Crippen LogP contribution is 2.20. The standard InChI is InChI=1S/C15H17NO4S2/c17-14(18)13(8-4-7-12-5-2-1-3-6-12)11-22(19,20)15-16-9-10-21-15/h1-3,5-6,9-10,13H,4,7-8,11H2,(H,17,18). The highest BCUT2D eigenvalue weighted by Gasteiger charge is 2.27. The number of carboxylic acids is 1. The number of hydrogen-bond donors (Lipinski definition) is 1. The fourth-order valence-corrected chi connectivity index (χ4v) is 4.70. The maximum absolute atomic E-state index is 12.1. The number of aromatic nitrogens is 1. The van der Waals surface area contributed by atoms with Crippen LogP contribution in [0.2, 0.25) is 0 Å². The van der Waals surface area contributed by atoms with Crippen LogP contribution in [-0.4, -0.2) is 30.2 Å². The van der Waals surface area contributed by atoms with Crippen LogP contribution in [0.5, 0.6) is 0 Å². The molecule has 0 fully saturated rings. The molecule has 1 unspecified atom stereocenters. The van der Waals surface area contributed by atoms with Crippen LogP contribution in [0.15, 0.2) is 46.2 Å². The van der Waals surface area contributed by atoms with E-state index in [9.17, 15) is 18.3 Å². The Morgan fingerprint density at radius 2 is 2.00 bits per heavy atom. The van der Waals surface area contributed by atoms with Gasteiger partial charge in [-0.15, -0.1) is 11.3 Å². The molecule has 1 aromatic carbocycles. The van der Waals surface area contributed by atoms with Crippen LogP contribution in [0.1, 0.15) is 18.4 Å². The summed E-state index contributed by atoms with van der Waals surface area (Å²) in [7, 11) is -3.63. The Bertz CT molecular complexity index is 696. The van der Waals surface area contributed by atoms with E-state index < -0.39 is 27.5 Å². The topological polar surface area (TPSA) is 84.3 Å². The second-order valence-electron chi connectivity index (χ2n) is 4.99. The molecule has 0 radical (unpaired) electrons. The van der Waals surface area contributed by atoms with Gasteiger partial charge in [0.05, 0.1) is 11.7 Å². The van der Waals surface area contributed by atoms with Crippen molar-refractivity contribution in [1.29, 1.82) is 0 Å². The van der Waals surface area contributed by atoms with E-state index in [4.69, 9.17) is 0 Å². The van der Waals surface area contributed by atoms with Crippen molar-refractivity contribution in [2.45, 2.75) is 23.6 Å². The van der Waals surface area contributed by atoms with Gasteiger partial charge in [0.1, 0.15) is 0 Å². The lowest BCUT2D eigenvalue weighted by Crippen LogP contribution is -2.24. The average Bonchev–Trinajstić information content (AvgIpc) is 3.02. The molecule has 0 saturated heterocycles. The minimum absolute atomic E-state index is 0.0122. The molecule has 0 aliphatic heterocycles. The highest BCUT2D eigenvalue weighted by molar-refractivity contribution is 7.93. The minimum Gasteiger partial charge on any atom is -0.481 e.